The maximum atomic E-state index is 12.9. The van der Waals surface area contributed by atoms with Crippen LogP contribution in [0.2, 0.25) is 0 Å². The van der Waals surface area contributed by atoms with Crippen LogP contribution in [0.4, 0.5) is 5.69 Å². The molecule has 3 heterocycles. The number of amides is 1. The molecular formula is C20H17N5O2. The monoisotopic (exact) mass is 359 g/mol. The zero-order valence-electron chi connectivity index (χ0n) is 14.7. The zero-order valence-corrected chi connectivity index (χ0v) is 14.7. The molecule has 0 aliphatic carbocycles. The van der Waals surface area contributed by atoms with Crippen LogP contribution in [-0.4, -0.2) is 25.2 Å². The van der Waals surface area contributed by atoms with Gasteiger partial charge in [-0.25, -0.2) is 0 Å². The standard InChI is InChI=1S/C20H17N5O2/c1-2-24-12-16(19(26)22-14-7-6-10-21-11-14)18-17(13-24)20(27)25(23-18)15-8-4-3-5-9-15/h3-13H,2H2,1H3,(H,22,26). The zero-order chi connectivity index (χ0) is 18.8. The van der Waals surface area contributed by atoms with E-state index in [1.807, 2.05) is 25.1 Å². The number of rotatable bonds is 4. The van der Waals surface area contributed by atoms with Gasteiger partial charge in [-0.3, -0.25) is 14.6 Å². The van der Waals surface area contributed by atoms with Gasteiger partial charge in [0.2, 0.25) is 0 Å². The number of hydrogen-bond acceptors (Lipinski definition) is 4. The number of carbonyl (C=O) groups is 1. The molecule has 0 fully saturated rings. The molecule has 134 valence electrons. The molecule has 0 bridgehead atoms. The third kappa shape index (κ3) is 3.10. The normalized spacial score (nSPS) is 10.9. The van der Waals surface area contributed by atoms with E-state index in [1.165, 1.54) is 4.68 Å². The van der Waals surface area contributed by atoms with E-state index in [-0.39, 0.29) is 11.5 Å². The molecule has 1 aromatic heterocycles. The summed E-state index contributed by atoms with van der Waals surface area (Å²) in [6.07, 6.45) is 6.63. The van der Waals surface area contributed by atoms with E-state index in [1.54, 1.807) is 53.6 Å². The fourth-order valence-corrected chi connectivity index (χ4v) is 2.89. The molecule has 2 aliphatic heterocycles. The van der Waals surface area contributed by atoms with Crippen LogP contribution in [0.15, 0.2) is 72.0 Å². The molecule has 2 aliphatic rings. The number of aryl methyl sites for hydroxylation is 1. The molecule has 0 atom stereocenters. The molecule has 0 unspecified atom stereocenters. The van der Waals surface area contributed by atoms with Crippen molar-refractivity contribution in [3.8, 4) is 16.9 Å². The average molecular weight is 359 g/mol. The summed E-state index contributed by atoms with van der Waals surface area (Å²) in [6, 6.07) is 12.6. The van der Waals surface area contributed by atoms with Crippen molar-refractivity contribution in [2.45, 2.75) is 13.5 Å². The first-order valence-electron chi connectivity index (χ1n) is 8.57. The van der Waals surface area contributed by atoms with E-state index < -0.39 is 0 Å². The van der Waals surface area contributed by atoms with Gasteiger partial charge in [0.25, 0.3) is 11.5 Å². The topological polar surface area (TPSA) is 81.8 Å². The van der Waals surface area contributed by atoms with Gasteiger partial charge in [0.05, 0.1) is 28.7 Å². The summed E-state index contributed by atoms with van der Waals surface area (Å²) in [5, 5.41) is 7.24. The van der Waals surface area contributed by atoms with Gasteiger partial charge in [0, 0.05) is 25.1 Å². The Kier molecular flexibility index (Phi) is 4.25. The minimum Gasteiger partial charge on any atom is -0.353 e. The largest absolute Gasteiger partial charge is 0.353 e. The first-order chi connectivity index (χ1) is 13.2. The molecule has 1 aromatic carbocycles. The second kappa shape index (κ2) is 6.87. The molecule has 0 saturated carbocycles. The minimum atomic E-state index is -0.339. The highest BCUT2D eigenvalue weighted by Gasteiger charge is 2.24. The Hall–Kier alpha value is -3.74. The number of nitrogens with one attached hydrogen (secondary N) is 1. The highest BCUT2D eigenvalue weighted by atomic mass is 16.2. The van der Waals surface area contributed by atoms with Crippen LogP contribution in [0, 0.1) is 0 Å². The number of carbonyl (C=O) groups excluding carboxylic acids is 1. The van der Waals surface area contributed by atoms with Gasteiger partial charge in [-0.2, -0.15) is 9.78 Å². The quantitative estimate of drug-likeness (QED) is 0.607. The Balaban J connectivity index is 1.85. The maximum Gasteiger partial charge on any atom is 0.282 e. The summed E-state index contributed by atoms with van der Waals surface area (Å²) in [6.45, 7) is 2.57. The molecule has 0 saturated heterocycles. The van der Waals surface area contributed by atoms with Gasteiger partial charge in [-0.15, -0.1) is 0 Å². The van der Waals surface area contributed by atoms with Crippen LogP contribution < -0.4 is 10.9 Å². The maximum absolute atomic E-state index is 12.9. The highest BCUT2D eigenvalue weighted by molar-refractivity contribution is 6.08. The second-order valence-electron chi connectivity index (χ2n) is 6.01. The average Bonchev–Trinajstić information content (AvgIpc) is 3.05. The van der Waals surface area contributed by atoms with E-state index in [4.69, 9.17) is 0 Å². The molecule has 1 amide bonds. The van der Waals surface area contributed by atoms with Crippen LogP contribution in [-0.2, 0) is 6.54 Å². The van der Waals surface area contributed by atoms with Crippen molar-refractivity contribution < 1.29 is 4.79 Å². The summed E-state index contributed by atoms with van der Waals surface area (Å²) in [5.74, 6) is -0.339. The smallest absolute Gasteiger partial charge is 0.282 e. The summed E-state index contributed by atoms with van der Waals surface area (Å²) in [5.41, 5.74) is 2.08. The van der Waals surface area contributed by atoms with Gasteiger partial charge < -0.3 is 9.88 Å². The first-order valence-corrected chi connectivity index (χ1v) is 8.57. The molecule has 2 aromatic rings. The van der Waals surface area contributed by atoms with Crippen molar-refractivity contribution in [1.82, 2.24) is 19.3 Å². The first kappa shape index (κ1) is 16.7. The molecule has 7 heteroatoms. The van der Waals surface area contributed by atoms with Gasteiger partial charge in [0.15, 0.2) is 0 Å². The second-order valence-corrected chi connectivity index (χ2v) is 6.01. The fraction of sp³-hybridized carbons (Fsp3) is 0.100. The SMILES string of the molecule is CCn1cc(C(=O)Nc2cccnc2)c2nn(-c3ccccc3)c(=O)c-2c1. The lowest BCUT2D eigenvalue weighted by atomic mass is 10.1. The fourth-order valence-electron chi connectivity index (χ4n) is 2.89. The molecule has 27 heavy (non-hydrogen) atoms. The lowest BCUT2D eigenvalue weighted by molar-refractivity contribution is 0.102. The number of fused-ring (bicyclic) bond motifs is 1. The minimum absolute atomic E-state index is 0.255. The lowest BCUT2D eigenvalue weighted by Crippen LogP contribution is -2.17. The Morgan fingerprint density at radius 1 is 1.11 bits per heavy atom. The number of anilines is 1. The van der Waals surface area contributed by atoms with Crippen molar-refractivity contribution in [1.29, 1.82) is 0 Å². The molecule has 1 N–H and O–H groups in total. The predicted molar refractivity (Wildman–Crippen MR) is 102 cm³/mol. The van der Waals surface area contributed by atoms with Gasteiger partial charge >= 0.3 is 0 Å². The van der Waals surface area contributed by atoms with E-state index >= 15 is 0 Å². The highest BCUT2D eigenvalue weighted by Crippen LogP contribution is 2.23. The van der Waals surface area contributed by atoms with Crippen LogP contribution in [0.1, 0.15) is 17.3 Å². The van der Waals surface area contributed by atoms with E-state index in [0.717, 1.165) is 0 Å². The van der Waals surface area contributed by atoms with Crippen molar-refractivity contribution in [2.24, 2.45) is 0 Å². The Bertz CT molecular complexity index is 1120. The van der Waals surface area contributed by atoms with E-state index in [9.17, 15) is 9.59 Å². The number of aromatic nitrogens is 4. The van der Waals surface area contributed by atoms with Gasteiger partial charge in [-0.05, 0) is 31.2 Å². The van der Waals surface area contributed by atoms with Crippen molar-refractivity contribution in [3.63, 3.8) is 0 Å². The Morgan fingerprint density at radius 2 is 1.93 bits per heavy atom. The third-order valence-corrected chi connectivity index (χ3v) is 4.25. The van der Waals surface area contributed by atoms with Crippen LogP contribution in [0.5, 0.6) is 0 Å². The van der Waals surface area contributed by atoms with Gasteiger partial charge in [0.1, 0.15) is 5.69 Å². The number of benzene rings is 1. The molecule has 4 rings (SSSR count). The summed E-state index contributed by atoms with van der Waals surface area (Å²) in [4.78, 5) is 29.7. The van der Waals surface area contributed by atoms with Crippen LogP contribution >= 0.6 is 0 Å². The number of pyridine rings is 2. The molecular weight excluding hydrogens is 342 g/mol. The summed E-state index contributed by atoms with van der Waals surface area (Å²) >= 11 is 0. The van der Waals surface area contributed by atoms with E-state index in [0.29, 0.717) is 34.7 Å². The van der Waals surface area contributed by atoms with Crippen molar-refractivity contribution in [3.05, 3.63) is 83.2 Å². The molecule has 0 radical (unpaired) electrons. The van der Waals surface area contributed by atoms with Crippen LogP contribution in [0.3, 0.4) is 0 Å². The summed E-state index contributed by atoms with van der Waals surface area (Å²) in [7, 11) is 0. The van der Waals surface area contributed by atoms with E-state index in [2.05, 4.69) is 15.4 Å². The Labute approximate surface area is 155 Å². The third-order valence-electron chi connectivity index (χ3n) is 4.25. The molecule has 0 spiro atoms. The molecule has 7 nitrogen and oxygen atoms in total. The summed E-state index contributed by atoms with van der Waals surface area (Å²) < 4.78 is 3.13. The number of nitrogens with zero attached hydrogens (tertiary/aromatic N) is 4. The Morgan fingerprint density at radius 3 is 2.63 bits per heavy atom. The lowest BCUT2D eigenvalue weighted by Gasteiger charge is -2.11. The predicted octanol–water partition coefficient (Wildman–Crippen LogP) is 2.81. The van der Waals surface area contributed by atoms with Crippen molar-refractivity contribution >= 4 is 11.6 Å². The number of hydrogen-bond donors (Lipinski definition) is 1. The van der Waals surface area contributed by atoms with Crippen LogP contribution in [0.25, 0.3) is 16.9 Å². The van der Waals surface area contributed by atoms with Gasteiger partial charge in [-0.1, -0.05) is 18.2 Å². The number of para-hydroxylation sites is 1. The van der Waals surface area contributed by atoms with Crippen molar-refractivity contribution in [2.75, 3.05) is 5.32 Å².